The third-order valence-electron chi connectivity index (χ3n) is 3.27. The fourth-order valence-corrected chi connectivity index (χ4v) is 3.47. The molecule has 0 amide bonds. The van der Waals surface area contributed by atoms with E-state index in [1.54, 1.807) is 0 Å². The summed E-state index contributed by atoms with van der Waals surface area (Å²) in [4.78, 5) is 6.25. The minimum Gasteiger partial charge on any atom is -0.275 e. The van der Waals surface area contributed by atoms with E-state index >= 15 is 0 Å². The maximum atomic E-state index is 4.79. The number of aryl methyl sites for hydroxylation is 2. The standard InChI is InChI=1S/C12H15N3S/c1-12(2)5-4-9-10(12)14-11(16-9)8-6-13-15(3)7-8/h6-7H,4-5H2,1-3H3. The van der Waals surface area contributed by atoms with Crippen LogP contribution in [0.2, 0.25) is 0 Å². The molecule has 0 spiro atoms. The Kier molecular flexibility index (Phi) is 1.98. The van der Waals surface area contributed by atoms with Gasteiger partial charge in [-0.2, -0.15) is 5.10 Å². The monoisotopic (exact) mass is 233 g/mol. The van der Waals surface area contributed by atoms with Crippen LogP contribution < -0.4 is 0 Å². The van der Waals surface area contributed by atoms with Gasteiger partial charge in [0.15, 0.2) is 0 Å². The molecule has 0 fully saturated rings. The minimum absolute atomic E-state index is 0.256. The van der Waals surface area contributed by atoms with Crippen LogP contribution in [-0.4, -0.2) is 14.8 Å². The summed E-state index contributed by atoms with van der Waals surface area (Å²) in [5.41, 5.74) is 2.70. The highest BCUT2D eigenvalue weighted by atomic mass is 32.1. The van der Waals surface area contributed by atoms with Crippen LogP contribution in [-0.2, 0) is 18.9 Å². The molecule has 3 rings (SSSR count). The second-order valence-electron chi connectivity index (χ2n) is 5.08. The van der Waals surface area contributed by atoms with Gasteiger partial charge in [0.2, 0.25) is 0 Å². The molecule has 1 aliphatic rings. The van der Waals surface area contributed by atoms with Gasteiger partial charge >= 0.3 is 0 Å². The Balaban J connectivity index is 2.07. The SMILES string of the molecule is Cn1cc(-c2nc3c(s2)CCC3(C)C)cn1. The first-order valence-electron chi connectivity index (χ1n) is 5.55. The Labute approximate surface area is 99.1 Å². The van der Waals surface area contributed by atoms with Gasteiger partial charge in [0, 0.05) is 29.1 Å². The Bertz CT molecular complexity index is 536. The zero-order valence-electron chi connectivity index (χ0n) is 9.82. The van der Waals surface area contributed by atoms with Crippen LogP contribution in [0.4, 0.5) is 0 Å². The lowest BCUT2D eigenvalue weighted by atomic mass is 9.91. The Morgan fingerprint density at radius 2 is 2.25 bits per heavy atom. The van der Waals surface area contributed by atoms with E-state index < -0.39 is 0 Å². The topological polar surface area (TPSA) is 30.7 Å². The molecule has 0 aromatic carbocycles. The molecular weight excluding hydrogens is 218 g/mol. The lowest BCUT2D eigenvalue weighted by molar-refractivity contribution is 0.510. The van der Waals surface area contributed by atoms with E-state index in [-0.39, 0.29) is 5.41 Å². The van der Waals surface area contributed by atoms with Gasteiger partial charge in [-0.15, -0.1) is 11.3 Å². The zero-order valence-corrected chi connectivity index (χ0v) is 10.6. The second-order valence-corrected chi connectivity index (χ2v) is 6.16. The summed E-state index contributed by atoms with van der Waals surface area (Å²) in [6.45, 7) is 4.57. The average molecular weight is 233 g/mol. The lowest BCUT2D eigenvalue weighted by Crippen LogP contribution is -2.12. The highest BCUT2D eigenvalue weighted by Crippen LogP contribution is 2.42. The minimum atomic E-state index is 0.256. The van der Waals surface area contributed by atoms with Crippen molar-refractivity contribution >= 4 is 11.3 Å². The third-order valence-corrected chi connectivity index (χ3v) is 4.43. The number of hydrogen-bond donors (Lipinski definition) is 0. The summed E-state index contributed by atoms with van der Waals surface area (Å²) in [6, 6.07) is 0. The number of thiazole rings is 1. The predicted octanol–water partition coefficient (Wildman–Crippen LogP) is 2.77. The molecule has 4 heteroatoms. The molecule has 2 aromatic heterocycles. The predicted molar refractivity (Wildman–Crippen MR) is 65.7 cm³/mol. The molecular formula is C12H15N3S. The van der Waals surface area contributed by atoms with Crippen LogP contribution in [0.15, 0.2) is 12.4 Å². The molecule has 1 aliphatic carbocycles. The molecule has 84 valence electrons. The number of rotatable bonds is 1. The van der Waals surface area contributed by atoms with E-state index in [4.69, 9.17) is 4.98 Å². The van der Waals surface area contributed by atoms with Crippen LogP contribution in [0.1, 0.15) is 30.8 Å². The van der Waals surface area contributed by atoms with Crippen molar-refractivity contribution < 1.29 is 0 Å². The number of hydrogen-bond acceptors (Lipinski definition) is 3. The summed E-state index contributed by atoms with van der Waals surface area (Å²) < 4.78 is 1.83. The third kappa shape index (κ3) is 1.40. The molecule has 2 heterocycles. The average Bonchev–Trinajstić information content (AvgIpc) is 2.84. The molecule has 0 aliphatic heterocycles. The van der Waals surface area contributed by atoms with Crippen molar-refractivity contribution in [1.82, 2.24) is 14.8 Å². The maximum Gasteiger partial charge on any atom is 0.127 e. The van der Waals surface area contributed by atoms with Crippen LogP contribution in [0.25, 0.3) is 10.6 Å². The molecule has 0 unspecified atom stereocenters. The van der Waals surface area contributed by atoms with Gasteiger partial charge in [0.05, 0.1) is 11.9 Å². The summed E-state index contributed by atoms with van der Waals surface area (Å²) >= 11 is 1.83. The van der Waals surface area contributed by atoms with Crippen molar-refractivity contribution in [3.8, 4) is 10.6 Å². The molecule has 0 saturated heterocycles. The number of nitrogens with zero attached hydrogens (tertiary/aromatic N) is 3. The van der Waals surface area contributed by atoms with E-state index in [9.17, 15) is 0 Å². The Hall–Kier alpha value is -1.16. The molecule has 0 radical (unpaired) electrons. The van der Waals surface area contributed by atoms with Gasteiger partial charge < -0.3 is 0 Å². The van der Waals surface area contributed by atoms with Crippen molar-refractivity contribution in [2.24, 2.45) is 7.05 Å². The van der Waals surface area contributed by atoms with Crippen molar-refractivity contribution in [3.05, 3.63) is 23.0 Å². The van der Waals surface area contributed by atoms with Gasteiger partial charge in [-0.3, -0.25) is 4.68 Å². The first kappa shape index (κ1) is 10.0. The van der Waals surface area contributed by atoms with Crippen molar-refractivity contribution in [2.75, 3.05) is 0 Å². The summed E-state index contributed by atoms with van der Waals surface area (Å²) in [5.74, 6) is 0. The van der Waals surface area contributed by atoms with E-state index in [2.05, 4.69) is 18.9 Å². The van der Waals surface area contributed by atoms with Gasteiger partial charge in [0.25, 0.3) is 0 Å². The summed E-state index contributed by atoms with van der Waals surface area (Å²) in [5, 5.41) is 5.31. The van der Waals surface area contributed by atoms with E-state index in [1.807, 2.05) is 35.5 Å². The lowest BCUT2D eigenvalue weighted by Gasteiger charge is -2.15. The van der Waals surface area contributed by atoms with Crippen LogP contribution in [0, 0.1) is 0 Å². The molecule has 16 heavy (non-hydrogen) atoms. The van der Waals surface area contributed by atoms with Crippen LogP contribution in [0.3, 0.4) is 0 Å². The highest BCUT2D eigenvalue weighted by molar-refractivity contribution is 7.15. The Morgan fingerprint density at radius 3 is 2.88 bits per heavy atom. The molecule has 0 bridgehead atoms. The zero-order chi connectivity index (χ0) is 11.3. The molecule has 0 atom stereocenters. The second kappa shape index (κ2) is 3.17. The number of fused-ring (bicyclic) bond motifs is 1. The Morgan fingerprint density at radius 1 is 1.44 bits per heavy atom. The van der Waals surface area contributed by atoms with Crippen molar-refractivity contribution in [1.29, 1.82) is 0 Å². The first-order chi connectivity index (χ1) is 7.56. The van der Waals surface area contributed by atoms with Gasteiger partial charge in [-0.1, -0.05) is 13.8 Å². The number of aromatic nitrogens is 3. The molecule has 0 saturated carbocycles. The van der Waals surface area contributed by atoms with E-state index in [1.165, 1.54) is 23.4 Å². The summed E-state index contributed by atoms with van der Waals surface area (Å²) in [6.07, 6.45) is 6.33. The van der Waals surface area contributed by atoms with Gasteiger partial charge in [0.1, 0.15) is 5.01 Å². The fourth-order valence-electron chi connectivity index (χ4n) is 2.25. The van der Waals surface area contributed by atoms with Crippen molar-refractivity contribution in [2.45, 2.75) is 32.1 Å². The van der Waals surface area contributed by atoms with E-state index in [0.717, 1.165) is 10.6 Å². The van der Waals surface area contributed by atoms with Gasteiger partial charge in [-0.05, 0) is 12.8 Å². The quantitative estimate of drug-likeness (QED) is 0.758. The van der Waals surface area contributed by atoms with Gasteiger partial charge in [-0.25, -0.2) is 4.98 Å². The molecule has 2 aromatic rings. The van der Waals surface area contributed by atoms with Crippen LogP contribution in [0.5, 0.6) is 0 Å². The molecule has 0 N–H and O–H groups in total. The smallest absolute Gasteiger partial charge is 0.127 e. The first-order valence-corrected chi connectivity index (χ1v) is 6.37. The van der Waals surface area contributed by atoms with E-state index in [0.29, 0.717) is 0 Å². The fraction of sp³-hybridized carbons (Fsp3) is 0.500. The molecule has 3 nitrogen and oxygen atoms in total. The van der Waals surface area contributed by atoms with Crippen molar-refractivity contribution in [3.63, 3.8) is 0 Å². The maximum absolute atomic E-state index is 4.79. The highest BCUT2D eigenvalue weighted by Gasteiger charge is 2.33. The normalized spacial score (nSPS) is 17.7. The largest absolute Gasteiger partial charge is 0.275 e. The summed E-state index contributed by atoms with van der Waals surface area (Å²) in [7, 11) is 1.94. The van der Waals surface area contributed by atoms with Crippen LogP contribution >= 0.6 is 11.3 Å².